The van der Waals surface area contributed by atoms with Gasteiger partial charge >= 0.3 is 5.97 Å². The average Bonchev–Trinajstić information content (AvgIpc) is 2.15. The van der Waals surface area contributed by atoms with E-state index in [4.69, 9.17) is 16.7 Å². The van der Waals surface area contributed by atoms with Gasteiger partial charge in [-0.25, -0.2) is 13.2 Å². The number of halogens is 1. The Balaban J connectivity index is 3.60. The number of carboxylic acids is 1. The number of aromatic carboxylic acids is 1. The van der Waals surface area contributed by atoms with E-state index in [-0.39, 0.29) is 15.5 Å². The zero-order valence-electron chi connectivity index (χ0n) is 8.82. The fourth-order valence-electron chi connectivity index (χ4n) is 1.45. The molecule has 6 heteroatoms. The van der Waals surface area contributed by atoms with E-state index in [1.165, 1.54) is 12.1 Å². The maximum atomic E-state index is 11.4. The van der Waals surface area contributed by atoms with E-state index in [0.29, 0.717) is 12.0 Å². The first-order valence-corrected chi connectivity index (χ1v) is 6.80. The second kappa shape index (κ2) is 4.43. The van der Waals surface area contributed by atoms with Crippen LogP contribution in [0.5, 0.6) is 0 Å². The Morgan fingerprint density at radius 1 is 1.44 bits per heavy atom. The number of hydrogen-bond acceptors (Lipinski definition) is 3. The van der Waals surface area contributed by atoms with Gasteiger partial charge in [-0.05, 0) is 24.1 Å². The minimum absolute atomic E-state index is 0.00192. The molecule has 0 saturated heterocycles. The summed E-state index contributed by atoms with van der Waals surface area (Å²) in [7, 11) is -3.39. The molecule has 0 heterocycles. The second-order valence-electron chi connectivity index (χ2n) is 3.33. The first-order valence-electron chi connectivity index (χ1n) is 4.53. The number of benzene rings is 1. The van der Waals surface area contributed by atoms with Gasteiger partial charge in [0.1, 0.15) is 0 Å². The Morgan fingerprint density at radius 2 is 2.00 bits per heavy atom. The van der Waals surface area contributed by atoms with Gasteiger partial charge in [0.25, 0.3) is 0 Å². The summed E-state index contributed by atoms with van der Waals surface area (Å²) in [6.07, 6.45) is 1.43. The summed E-state index contributed by atoms with van der Waals surface area (Å²) in [5.74, 6) is -1.17. The van der Waals surface area contributed by atoms with Crippen molar-refractivity contribution < 1.29 is 18.3 Å². The number of sulfone groups is 1. The summed E-state index contributed by atoms with van der Waals surface area (Å²) in [6.45, 7) is 1.72. The van der Waals surface area contributed by atoms with Crippen LogP contribution in [0.2, 0.25) is 5.02 Å². The molecule has 1 aromatic carbocycles. The molecular weight excluding hydrogens is 252 g/mol. The normalized spacial score (nSPS) is 11.4. The fraction of sp³-hybridized carbons (Fsp3) is 0.300. The van der Waals surface area contributed by atoms with Crippen molar-refractivity contribution in [2.75, 3.05) is 6.26 Å². The van der Waals surface area contributed by atoms with E-state index < -0.39 is 15.8 Å². The maximum absolute atomic E-state index is 11.4. The number of carboxylic acid groups (broad SMARTS) is 1. The van der Waals surface area contributed by atoms with Crippen molar-refractivity contribution in [3.8, 4) is 0 Å². The summed E-state index contributed by atoms with van der Waals surface area (Å²) in [6, 6.07) is 2.49. The van der Waals surface area contributed by atoms with E-state index in [0.717, 1.165) is 6.26 Å². The molecule has 0 aromatic heterocycles. The topological polar surface area (TPSA) is 71.4 Å². The van der Waals surface area contributed by atoms with Crippen LogP contribution in [0.3, 0.4) is 0 Å². The van der Waals surface area contributed by atoms with Crippen LogP contribution in [0, 0.1) is 0 Å². The quantitative estimate of drug-likeness (QED) is 0.904. The second-order valence-corrected chi connectivity index (χ2v) is 5.70. The Labute approximate surface area is 98.8 Å². The Morgan fingerprint density at radius 3 is 2.38 bits per heavy atom. The molecule has 1 N–H and O–H groups in total. The van der Waals surface area contributed by atoms with Crippen LogP contribution < -0.4 is 0 Å². The molecule has 0 aliphatic rings. The lowest BCUT2D eigenvalue weighted by Crippen LogP contribution is -2.06. The fourth-order valence-corrected chi connectivity index (χ4v) is 2.89. The van der Waals surface area contributed by atoms with Gasteiger partial charge in [-0.2, -0.15) is 0 Å². The van der Waals surface area contributed by atoms with Crippen molar-refractivity contribution in [1.82, 2.24) is 0 Å². The van der Waals surface area contributed by atoms with E-state index >= 15 is 0 Å². The van der Waals surface area contributed by atoms with Crippen LogP contribution in [0.15, 0.2) is 17.0 Å². The van der Waals surface area contributed by atoms with Crippen molar-refractivity contribution in [1.29, 1.82) is 0 Å². The van der Waals surface area contributed by atoms with Crippen molar-refractivity contribution >= 4 is 27.4 Å². The molecule has 1 rings (SSSR count). The molecule has 0 aliphatic heterocycles. The van der Waals surface area contributed by atoms with E-state index in [9.17, 15) is 13.2 Å². The maximum Gasteiger partial charge on any atom is 0.337 e. The van der Waals surface area contributed by atoms with Crippen LogP contribution in [0.1, 0.15) is 22.8 Å². The van der Waals surface area contributed by atoms with Gasteiger partial charge in [-0.3, -0.25) is 0 Å². The third-order valence-corrected chi connectivity index (χ3v) is 3.80. The molecular formula is C10H11ClO4S. The van der Waals surface area contributed by atoms with Crippen LogP contribution in [-0.4, -0.2) is 25.7 Å². The molecule has 0 bridgehead atoms. The van der Waals surface area contributed by atoms with Gasteiger partial charge in [-0.15, -0.1) is 0 Å². The SMILES string of the molecule is CCc1c(S(C)(=O)=O)ccc(C(=O)O)c1Cl. The van der Waals surface area contributed by atoms with E-state index in [1.807, 2.05) is 0 Å². The standard InChI is InChI=1S/C10H11ClO4S/c1-3-6-8(16(2,14)15)5-4-7(9(6)11)10(12)13/h4-5H,3H2,1-2H3,(H,12,13). The van der Waals surface area contributed by atoms with Crippen molar-refractivity contribution in [3.05, 3.63) is 28.3 Å². The van der Waals surface area contributed by atoms with Gasteiger partial charge in [0.2, 0.25) is 0 Å². The summed E-state index contributed by atoms with van der Waals surface area (Å²) in [4.78, 5) is 10.9. The highest BCUT2D eigenvalue weighted by Gasteiger charge is 2.19. The molecule has 88 valence electrons. The minimum atomic E-state index is -3.39. The molecule has 0 aliphatic carbocycles. The lowest BCUT2D eigenvalue weighted by molar-refractivity contribution is 0.0697. The molecule has 4 nitrogen and oxygen atoms in total. The van der Waals surface area contributed by atoms with Gasteiger partial charge < -0.3 is 5.11 Å². The van der Waals surface area contributed by atoms with E-state index in [2.05, 4.69) is 0 Å². The highest BCUT2D eigenvalue weighted by atomic mass is 35.5. The summed E-state index contributed by atoms with van der Waals surface area (Å²) in [5, 5.41) is 8.84. The summed E-state index contributed by atoms with van der Waals surface area (Å²) in [5.41, 5.74) is 0.273. The van der Waals surface area contributed by atoms with Crippen LogP contribution in [0.25, 0.3) is 0 Å². The van der Waals surface area contributed by atoms with Gasteiger partial charge in [-0.1, -0.05) is 18.5 Å². The lowest BCUT2D eigenvalue weighted by atomic mass is 10.1. The van der Waals surface area contributed by atoms with Crippen LogP contribution in [-0.2, 0) is 16.3 Å². The first kappa shape index (κ1) is 13.0. The third kappa shape index (κ3) is 2.36. The smallest absolute Gasteiger partial charge is 0.337 e. The summed E-state index contributed by atoms with van der Waals surface area (Å²) < 4.78 is 22.9. The molecule has 0 amide bonds. The van der Waals surface area contributed by atoms with Crippen LogP contribution in [0.4, 0.5) is 0 Å². The predicted molar refractivity (Wildman–Crippen MR) is 60.9 cm³/mol. The number of hydrogen-bond donors (Lipinski definition) is 1. The number of carbonyl (C=O) groups is 1. The monoisotopic (exact) mass is 262 g/mol. The van der Waals surface area contributed by atoms with Gasteiger partial charge in [0.05, 0.1) is 15.5 Å². The van der Waals surface area contributed by atoms with E-state index in [1.54, 1.807) is 6.92 Å². The van der Waals surface area contributed by atoms with Crippen molar-refractivity contribution in [2.24, 2.45) is 0 Å². The Hall–Kier alpha value is -1.07. The van der Waals surface area contributed by atoms with Crippen molar-refractivity contribution in [3.63, 3.8) is 0 Å². The molecule has 0 saturated carbocycles. The molecule has 0 fully saturated rings. The lowest BCUT2D eigenvalue weighted by Gasteiger charge is -2.10. The third-order valence-electron chi connectivity index (χ3n) is 2.18. The zero-order valence-corrected chi connectivity index (χ0v) is 10.4. The van der Waals surface area contributed by atoms with Crippen molar-refractivity contribution in [2.45, 2.75) is 18.2 Å². The minimum Gasteiger partial charge on any atom is -0.478 e. The summed E-state index contributed by atoms with van der Waals surface area (Å²) >= 11 is 5.87. The largest absolute Gasteiger partial charge is 0.478 e. The predicted octanol–water partition coefficient (Wildman–Crippen LogP) is 2.00. The molecule has 0 spiro atoms. The van der Waals surface area contributed by atoms with Crippen LogP contribution >= 0.6 is 11.6 Å². The van der Waals surface area contributed by atoms with Gasteiger partial charge in [0.15, 0.2) is 9.84 Å². The molecule has 0 radical (unpaired) electrons. The molecule has 0 atom stereocenters. The molecule has 16 heavy (non-hydrogen) atoms. The zero-order chi connectivity index (χ0) is 12.5. The Bertz CT molecular complexity index is 534. The molecule has 1 aromatic rings. The van der Waals surface area contributed by atoms with Gasteiger partial charge in [0, 0.05) is 6.26 Å². The first-order chi connectivity index (χ1) is 7.29. The highest BCUT2D eigenvalue weighted by Crippen LogP contribution is 2.28. The highest BCUT2D eigenvalue weighted by molar-refractivity contribution is 7.90. The average molecular weight is 263 g/mol. The Kier molecular flexibility index (Phi) is 3.60. The number of rotatable bonds is 3. The molecule has 0 unspecified atom stereocenters.